The zero-order valence-electron chi connectivity index (χ0n) is 15.2. The van der Waals surface area contributed by atoms with Gasteiger partial charge >= 0.3 is 12.0 Å². The van der Waals surface area contributed by atoms with Crippen LogP contribution in [0.1, 0.15) is 24.1 Å². The summed E-state index contributed by atoms with van der Waals surface area (Å²) < 4.78 is 24.4. The number of urea groups is 1. The lowest BCUT2D eigenvalue weighted by Gasteiger charge is -2.29. The van der Waals surface area contributed by atoms with Crippen molar-refractivity contribution >= 4 is 33.6 Å². The van der Waals surface area contributed by atoms with Gasteiger partial charge in [0.1, 0.15) is 24.1 Å². The maximum atomic E-state index is 13.6. The standard InChI is InChI=1S/C20H18BrFN2O4/c1-11-17(19(25)28-10-12-3-6-14(27-2)7-4-12)18(24-20(26)23-11)13-5-8-16(22)15(21)9-13/h3-9,17-18H,10H2,1-2H3,(H,24,26). The number of rotatable bonds is 5. The van der Waals surface area contributed by atoms with E-state index in [1.54, 1.807) is 38.3 Å². The number of hydrogen-bond donors (Lipinski definition) is 1. The molecule has 2 unspecified atom stereocenters. The van der Waals surface area contributed by atoms with Gasteiger partial charge in [-0.25, -0.2) is 14.2 Å². The van der Waals surface area contributed by atoms with Crippen LogP contribution in [0.3, 0.4) is 0 Å². The fourth-order valence-corrected chi connectivity index (χ4v) is 3.37. The Bertz CT molecular complexity index is 930. The Morgan fingerprint density at radius 2 is 1.96 bits per heavy atom. The van der Waals surface area contributed by atoms with E-state index in [0.717, 1.165) is 5.56 Å². The van der Waals surface area contributed by atoms with Crippen LogP contribution < -0.4 is 10.1 Å². The second kappa shape index (κ2) is 8.52. The van der Waals surface area contributed by atoms with E-state index in [9.17, 15) is 14.0 Å². The molecule has 3 rings (SSSR count). The fraction of sp³-hybridized carbons (Fsp3) is 0.250. The second-order valence-electron chi connectivity index (χ2n) is 6.29. The van der Waals surface area contributed by atoms with E-state index >= 15 is 0 Å². The van der Waals surface area contributed by atoms with Crippen molar-refractivity contribution in [1.82, 2.24) is 5.32 Å². The molecule has 2 amide bonds. The summed E-state index contributed by atoms with van der Waals surface area (Å²) in [6.45, 7) is 1.67. The first-order chi connectivity index (χ1) is 13.4. The third kappa shape index (κ3) is 4.39. The van der Waals surface area contributed by atoms with Gasteiger partial charge in [-0.15, -0.1) is 0 Å². The summed E-state index contributed by atoms with van der Waals surface area (Å²) in [7, 11) is 1.57. The van der Waals surface area contributed by atoms with Gasteiger partial charge in [-0.2, -0.15) is 0 Å². The largest absolute Gasteiger partial charge is 0.497 e. The van der Waals surface area contributed by atoms with Gasteiger partial charge in [0.15, 0.2) is 0 Å². The third-order valence-electron chi connectivity index (χ3n) is 4.44. The Hall–Kier alpha value is -2.74. The highest BCUT2D eigenvalue weighted by Gasteiger charge is 2.38. The molecule has 6 nitrogen and oxygen atoms in total. The van der Waals surface area contributed by atoms with Crippen molar-refractivity contribution in [3.05, 3.63) is 63.9 Å². The molecule has 0 fully saturated rings. The van der Waals surface area contributed by atoms with Gasteiger partial charge in [-0.3, -0.25) is 4.79 Å². The molecule has 8 heteroatoms. The summed E-state index contributed by atoms with van der Waals surface area (Å²) in [4.78, 5) is 28.5. The predicted octanol–water partition coefficient (Wildman–Crippen LogP) is 4.18. The van der Waals surface area contributed by atoms with Crippen molar-refractivity contribution in [3.8, 4) is 5.75 Å². The van der Waals surface area contributed by atoms with Crippen LogP contribution in [-0.2, 0) is 16.1 Å². The number of benzene rings is 2. The van der Waals surface area contributed by atoms with Crippen LogP contribution in [0, 0.1) is 11.7 Å². The minimum absolute atomic E-state index is 0.0698. The van der Waals surface area contributed by atoms with Crippen LogP contribution in [0.2, 0.25) is 0 Å². The van der Waals surface area contributed by atoms with Crippen LogP contribution >= 0.6 is 15.9 Å². The van der Waals surface area contributed by atoms with Crippen molar-refractivity contribution < 1.29 is 23.5 Å². The van der Waals surface area contributed by atoms with Crippen LogP contribution in [0.25, 0.3) is 0 Å². The molecular formula is C20H18BrFN2O4. The van der Waals surface area contributed by atoms with E-state index in [1.165, 1.54) is 18.2 Å². The molecule has 0 bridgehead atoms. The zero-order valence-corrected chi connectivity index (χ0v) is 16.8. The number of carbonyl (C=O) groups is 2. The summed E-state index contributed by atoms with van der Waals surface area (Å²) in [6.07, 6.45) is 0. The molecular weight excluding hydrogens is 431 g/mol. The molecule has 0 spiro atoms. The van der Waals surface area contributed by atoms with E-state index in [4.69, 9.17) is 9.47 Å². The first kappa shape index (κ1) is 20.0. The summed E-state index contributed by atoms with van der Waals surface area (Å²) in [5.74, 6) is -1.07. The molecule has 28 heavy (non-hydrogen) atoms. The van der Waals surface area contributed by atoms with Crippen LogP contribution in [0.5, 0.6) is 5.75 Å². The van der Waals surface area contributed by atoms with Gasteiger partial charge in [-0.1, -0.05) is 18.2 Å². The minimum atomic E-state index is -0.812. The molecule has 1 aliphatic heterocycles. The average Bonchev–Trinajstić information content (AvgIpc) is 2.68. The Morgan fingerprint density at radius 3 is 2.61 bits per heavy atom. The second-order valence-corrected chi connectivity index (χ2v) is 7.14. The zero-order chi connectivity index (χ0) is 20.3. The van der Waals surface area contributed by atoms with Gasteiger partial charge in [0.25, 0.3) is 0 Å². The SMILES string of the molecule is COc1ccc(COC(=O)C2C(C)=NC(=O)NC2c2ccc(F)c(Br)c2)cc1. The number of nitrogens with one attached hydrogen (secondary N) is 1. The molecule has 0 saturated heterocycles. The molecule has 1 heterocycles. The summed E-state index contributed by atoms with van der Waals surface area (Å²) in [5, 5.41) is 2.67. The van der Waals surface area contributed by atoms with E-state index in [-0.39, 0.29) is 11.1 Å². The lowest BCUT2D eigenvalue weighted by molar-refractivity contribution is -0.148. The number of carbonyl (C=O) groups excluding carboxylic acids is 2. The highest BCUT2D eigenvalue weighted by atomic mass is 79.9. The Labute approximate surface area is 169 Å². The molecule has 2 aromatic carbocycles. The Kier molecular flexibility index (Phi) is 6.08. The van der Waals surface area contributed by atoms with Gasteiger partial charge in [0, 0.05) is 5.71 Å². The smallest absolute Gasteiger partial charge is 0.341 e. The molecule has 0 aromatic heterocycles. The Morgan fingerprint density at radius 1 is 1.25 bits per heavy atom. The van der Waals surface area contributed by atoms with E-state index in [2.05, 4.69) is 26.2 Å². The molecule has 0 radical (unpaired) electrons. The lowest BCUT2D eigenvalue weighted by Crippen LogP contribution is -2.44. The summed E-state index contributed by atoms with van der Waals surface area (Å²) in [6, 6.07) is 10.2. The molecule has 0 aliphatic carbocycles. The van der Waals surface area contributed by atoms with Gasteiger partial charge in [0.05, 0.1) is 17.6 Å². The molecule has 1 N–H and O–H groups in total. The summed E-state index contributed by atoms with van der Waals surface area (Å²) in [5.41, 5.74) is 1.71. The average molecular weight is 449 g/mol. The van der Waals surface area contributed by atoms with Crippen LogP contribution in [-0.4, -0.2) is 24.8 Å². The van der Waals surface area contributed by atoms with Crippen molar-refractivity contribution in [2.45, 2.75) is 19.6 Å². The third-order valence-corrected chi connectivity index (χ3v) is 5.04. The maximum Gasteiger partial charge on any atom is 0.341 e. The Balaban J connectivity index is 1.80. The maximum absolute atomic E-state index is 13.6. The van der Waals surface area contributed by atoms with Gasteiger partial charge in [0.2, 0.25) is 0 Å². The monoisotopic (exact) mass is 448 g/mol. The van der Waals surface area contributed by atoms with Crippen LogP contribution in [0.4, 0.5) is 9.18 Å². The topological polar surface area (TPSA) is 77.0 Å². The lowest BCUT2D eigenvalue weighted by atomic mass is 9.88. The molecule has 146 valence electrons. The molecule has 0 saturated carbocycles. The fourth-order valence-electron chi connectivity index (χ4n) is 2.97. The number of halogens is 2. The first-order valence-corrected chi connectivity index (χ1v) is 9.28. The van der Waals surface area contributed by atoms with Crippen LogP contribution in [0.15, 0.2) is 51.9 Å². The summed E-state index contributed by atoms with van der Waals surface area (Å²) >= 11 is 3.13. The minimum Gasteiger partial charge on any atom is -0.497 e. The number of ether oxygens (including phenoxy) is 2. The quantitative estimate of drug-likeness (QED) is 0.695. The highest BCUT2D eigenvalue weighted by molar-refractivity contribution is 9.10. The number of amides is 2. The highest BCUT2D eigenvalue weighted by Crippen LogP contribution is 2.30. The van der Waals surface area contributed by atoms with Crippen molar-refractivity contribution in [2.75, 3.05) is 7.11 Å². The van der Waals surface area contributed by atoms with Gasteiger partial charge in [-0.05, 0) is 58.2 Å². The number of aliphatic imine (C=N–C) groups is 1. The van der Waals surface area contributed by atoms with E-state index in [1.807, 2.05) is 0 Å². The number of methoxy groups -OCH3 is 1. The number of nitrogens with zero attached hydrogens (tertiary/aromatic N) is 1. The molecule has 2 aromatic rings. The molecule has 1 aliphatic rings. The van der Waals surface area contributed by atoms with Gasteiger partial charge < -0.3 is 14.8 Å². The van der Waals surface area contributed by atoms with E-state index < -0.39 is 29.8 Å². The van der Waals surface area contributed by atoms with Crippen molar-refractivity contribution in [1.29, 1.82) is 0 Å². The van der Waals surface area contributed by atoms with Crippen molar-refractivity contribution in [3.63, 3.8) is 0 Å². The molecule has 2 atom stereocenters. The van der Waals surface area contributed by atoms with Crippen molar-refractivity contribution in [2.24, 2.45) is 10.9 Å². The van der Waals surface area contributed by atoms with E-state index in [0.29, 0.717) is 17.0 Å². The number of hydrogen-bond acceptors (Lipinski definition) is 4. The normalized spacial score (nSPS) is 18.9. The first-order valence-electron chi connectivity index (χ1n) is 8.49. The number of esters is 1. The predicted molar refractivity (Wildman–Crippen MR) is 105 cm³/mol.